The van der Waals surface area contributed by atoms with Crippen LogP contribution >= 0.6 is 23.5 Å². The van der Waals surface area contributed by atoms with Crippen LogP contribution in [0.15, 0.2) is 4.52 Å². The van der Waals surface area contributed by atoms with E-state index in [1.54, 1.807) is 0 Å². The Morgan fingerprint density at radius 3 is 2.58 bits per heavy atom. The SMILES string of the molecule is CCC(CC)(CN)c1nc(C2SCCSC2C)no1. The van der Waals surface area contributed by atoms with E-state index in [1.807, 2.05) is 23.5 Å². The normalized spacial score (nSPS) is 24.6. The van der Waals surface area contributed by atoms with Gasteiger partial charge in [0.15, 0.2) is 5.82 Å². The van der Waals surface area contributed by atoms with E-state index < -0.39 is 0 Å². The third-order valence-electron chi connectivity index (χ3n) is 4.08. The second kappa shape index (κ2) is 6.50. The molecule has 0 aromatic carbocycles. The number of hydrogen-bond donors (Lipinski definition) is 1. The number of nitrogens with zero attached hydrogens (tertiary/aromatic N) is 2. The Labute approximate surface area is 123 Å². The summed E-state index contributed by atoms with van der Waals surface area (Å²) in [4.78, 5) is 4.68. The van der Waals surface area contributed by atoms with E-state index in [4.69, 9.17) is 10.3 Å². The first-order valence-electron chi connectivity index (χ1n) is 6.94. The lowest BCUT2D eigenvalue weighted by Gasteiger charge is -2.26. The minimum atomic E-state index is -0.152. The van der Waals surface area contributed by atoms with Crippen LogP contribution in [0.1, 0.15) is 50.6 Å². The topological polar surface area (TPSA) is 64.9 Å². The van der Waals surface area contributed by atoms with E-state index in [0.29, 0.717) is 17.0 Å². The highest BCUT2D eigenvalue weighted by molar-refractivity contribution is 8.06. The predicted octanol–water partition coefficient (Wildman–Crippen LogP) is 3.00. The molecular formula is C13H23N3OS2. The van der Waals surface area contributed by atoms with Crippen LogP contribution in [0.25, 0.3) is 0 Å². The largest absolute Gasteiger partial charge is 0.339 e. The van der Waals surface area contributed by atoms with E-state index in [2.05, 4.69) is 30.9 Å². The first-order valence-corrected chi connectivity index (χ1v) is 9.04. The molecule has 0 saturated carbocycles. The van der Waals surface area contributed by atoms with Crippen LogP contribution in [-0.4, -0.2) is 33.4 Å². The summed E-state index contributed by atoms with van der Waals surface area (Å²) in [5, 5.41) is 5.11. The molecule has 2 heterocycles. The summed E-state index contributed by atoms with van der Waals surface area (Å²) < 4.78 is 5.54. The second-order valence-corrected chi connectivity index (χ2v) is 7.75. The Hall–Kier alpha value is -0.200. The van der Waals surface area contributed by atoms with Crippen LogP contribution in [0.2, 0.25) is 0 Å². The van der Waals surface area contributed by atoms with Gasteiger partial charge in [-0.25, -0.2) is 0 Å². The lowest BCUT2D eigenvalue weighted by atomic mass is 9.82. The lowest BCUT2D eigenvalue weighted by molar-refractivity contribution is 0.266. The molecule has 0 radical (unpaired) electrons. The van der Waals surface area contributed by atoms with Gasteiger partial charge < -0.3 is 10.3 Å². The molecule has 0 spiro atoms. The van der Waals surface area contributed by atoms with E-state index in [0.717, 1.165) is 30.3 Å². The van der Waals surface area contributed by atoms with Crippen molar-refractivity contribution in [3.05, 3.63) is 11.7 Å². The minimum absolute atomic E-state index is 0.152. The Kier molecular flexibility index (Phi) is 5.20. The monoisotopic (exact) mass is 301 g/mol. The van der Waals surface area contributed by atoms with Crippen molar-refractivity contribution in [3.8, 4) is 0 Å². The average molecular weight is 301 g/mol. The maximum atomic E-state index is 5.94. The first kappa shape index (κ1) is 15.2. The molecule has 0 bridgehead atoms. The van der Waals surface area contributed by atoms with Gasteiger partial charge in [-0.15, -0.1) is 11.8 Å². The number of aromatic nitrogens is 2. The van der Waals surface area contributed by atoms with Gasteiger partial charge in [-0.3, -0.25) is 0 Å². The van der Waals surface area contributed by atoms with Crippen LogP contribution in [0.4, 0.5) is 0 Å². The molecule has 2 N–H and O–H groups in total. The van der Waals surface area contributed by atoms with Gasteiger partial charge in [0, 0.05) is 23.3 Å². The average Bonchev–Trinajstić information content (AvgIpc) is 2.92. The highest BCUT2D eigenvalue weighted by Gasteiger charge is 2.35. The third-order valence-corrected chi connectivity index (χ3v) is 7.17. The molecule has 0 amide bonds. The van der Waals surface area contributed by atoms with Crippen molar-refractivity contribution in [2.24, 2.45) is 5.73 Å². The van der Waals surface area contributed by atoms with Crippen LogP contribution in [0.5, 0.6) is 0 Å². The predicted molar refractivity (Wildman–Crippen MR) is 82.7 cm³/mol. The zero-order valence-corrected chi connectivity index (χ0v) is 13.5. The summed E-state index contributed by atoms with van der Waals surface area (Å²) >= 11 is 3.92. The van der Waals surface area contributed by atoms with Crippen molar-refractivity contribution in [3.63, 3.8) is 0 Å². The number of nitrogens with two attached hydrogens (primary N) is 1. The number of thioether (sulfide) groups is 2. The fourth-order valence-corrected chi connectivity index (χ4v) is 5.09. The molecule has 6 heteroatoms. The molecule has 1 fully saturated rings. The van der Waals surface area contributed by atoms with Crippen molar-refractivity contribution < 1.29 is 4.52 Å². The number of rotatable bonds is 5. The molecule has 1 aromatic heterocycles. The van der Waals surface area contributed by atoms with Crippen molar-refractivity contribution >= 4 is 23.5 Å². The first-order chi connectivity index (χ1) is 9.16. The maximum absolute atomic E-state index is 5.94. The molecule has 4 nitrogen and oxygen atoms in total. The quantitative estimate of drug-likeness (QED) is 0.902. The Morgan fingerprint density at radius 1 is 1.32 bits per heavy atom. The van der Waals surface area contributed by atoms with Gasteiger partial charge >= 0.3 is 0 Å². The molecule has 1 aliphatic rings. The summed E-state index contributed by atoms with van der Waals surface area (Å²) in [6, 6.07) is 0. The molecule has 1 aromatic rings. The molecule has 1 aliphatic heterocycles. The maximum Gasteiger partial charge on any atom is 0.234 e. The van der Waals surface area contributed by atoms with Crippen molar-refractivity contribution in [2.45, 2.75) is 49.5 Å². The van der Waals surface area contributed by atoms with E-state index >= 15 is 0 Å². The minimum Gasteiger partial charge on any atom is -0.339 e. The van der Waals surface area contributed by atoms with Gasteiger partial charge in [-0.05, 0) is 12.8 Å². The lowest BCUT2D eigenvalue weighted by Crippen LogP contribution is -2.34. The van der Waals surface area contributed by atoms with E-state index in [1.165, 1.54) is 5.75 Å². The van der Waals surface area contributed by atoms with Gasteiger partial charge in [0.05, 0.1) is 10.7 Å². The Balaban J connectivity index is 2.22. The van der Waals surface area contributed by atoms with Crippen molar-refractivity contribution in [1.29, 1.82) is 0 Å². The second-order valence-electron chi connectivity index (χ2n) is 5.02. The molecule has 2 unspecified atom stereocenters. The number of hydrogen-bond acceptors (Lipinski definition) is 6. The standard InChI is InChI=1S/C13H23N3OS2/c1-4-13(5-2,8-14)12-15-11(16-17-12)10-9(3)18-6-7-19-10/h9-10H,4-8,14H2,1-3H3. The third kappa shape index (κ3) is 2.95. The van der Waals surface area contributed by atoms with E-state index in [9.17, 15) is 0 Å². The fraction of sp³-hybridized carbons (Fsp3) is 0.846. The summed E-state index contributed by atoms with van der Waals surface area (Å²) in [6.07, 6.45) is 1.87. The molecular weight excluding hydrogens is 278 g/mol. The highest BCUT2D eigenvalue weighted by Crippen LogP contribution is 2.42. The fourth-order valence-electron chi connectivity index (χ4n) is 2.41. The molecule has 0 aliphatic carbocycles. The van der Waals surface area contributed by atoms with Gasteiger partial charge in [0.25, 0.3) is 0 Å². The molecule has 19 heavy (non-hydrogen) atoms. The molecule has 2 rings (SSSR count). The van der Waals surface area contributed by atoms with Gasteiger partial charge in [0.2, 0.25) is 5.89 Å². The van der Waals surface area contributed by atoms with Crippen LogP contribution in [0.3, 0.4) is 0 Å². The molecule has 108 valence electrons. The van der Waals surface area contributed by atoms with Gasteiger partial charge in [-0.1, -0.05) is 25.9 Å². The highest BCUT2D eigenvalue weighted by atomic mass is 32.2. The van der Waals surface area contributed by atoms with Crippen LogP contribution in [0, 0.1) is 0 Å². The Morgan fingerprint density at radius 2 is 2.00 bits per heavy atom. The smallest absolute Gasteiger partial charge is 0.234 e. The van der Waals surface area contributed by atoms with Crippen molar-refractivity contribution in [1.82, 2.24) is 10.1 Å². The zero-order valence-electron chi connectivity index (χ0n) is 11.9. The van der Waals surface area contributed by atoms with E-state index in [-0.39, 0.29) is 5.41 Å². The van der Waals surface area contributed by atoms with Crippen LogP contribution in [-0.2, 0) is 5.41 Å². The molecule has 2 atom stereocenters. The van der Waals surface area contributed by atoms with Gasteiger partial charge in [0.1, 0.15) is 0 Å². The summed E-state index contributed by atoms with van der Waals surface area (Å²) in [5.41, 5.74) is 5.79. The summed E-state index contributed by atoms with van der Waals surface area (Å²) in [5.74, 6) is 3.94. The Bertz CT molecular complexity index is 398. The van der Waals surface area contributed by atoms with Crippen LogP contribution < -0.4 is 5.73 Å². The molecule has 1 saturated heterocycles. The summed E-state index contributed by atoms with van der Waals surface area (Å²) in [6.45, 7) is 7.07. The van der Waals surface area contributed by atoms with Gasteiger partial charge in [-0.2, -0.15) is 16.7 Å². The summed E-state index contributed by atoms with van der Waals surface area (Å²) in [7, 11) is 0. The zero-order chi connectivity index (χ0) is 13.9. The van der Waals surface area contributed by atoms with Crippen molar-refractivity contribution in [2.75, 3.05) is 18.1 Å².